The van der Waals surface area contributed by atoms with E-state index in [1.165, 1.54) is 23.2 Å². The number of nitro groups is 2. The van der Waals surface area contributed by atoms with E-state index in [-0.39, 0.29) is 18.1 Å². The van der Waals surface area contributed by atoms with E-state index in [0.29, 0.717) is 10.0 Å². The van der Waals surface area contributed by atoms with Crippen LogP contribution in [0.25, 0.3) is 0 Å². The first-order valence-corrected chi connectivity index (χ1v) is 5.85. The highest BCUT2D eigenvalue weighted by molar-refractivity contribution is 9.10. The summed E-state index contributed by atoms with van der Waals surface area (Å²) >= 11 is 3.09. The summed E-state index contributed by atoms with van der Waals surface area (Å²) in [6, 6.07) is 4.68. The van der Waals surface area contributed by atoms with E-state index in [4.69, 9.17) is 0 Å². The van der Waals surface area contributed by atoms with Gasteiger partial charge in [0.25, 0.3) is 5.69 Å². The van der Waals surface area contributed by atoms with E-state index in [9.17, 15) is 20.2 Å². The second kappa shape index (κ2) is 5.14. The summed E-state index contributed by atoms with van der Waals surface area (Å²) in [6.07, 6.45) is 2.58. The molecule has 9 heteroatoms. The van der Waals surface area contributed by atoms with Crippen LogP contribution in [0.15, 0.2) is 35.2 Å². The molecule has 19 heavy (non-hydrogen) atoms. The molecule has 1 aromatic carbocycles. The van der Waals surface area contributed by atoms with Crippen molar-refractivity contribution in [3.8, 4) is 0 Å². The molecule has 0 spiro atoms. The molecule has 98 valence electrons. The van der Waals surface area contributed by atoms with Crippen molar-refractivity contribution in [2.75, 3.05) is 0 Å². The van der Waals surface area contributed by atoms with Crippen molar-refractivity contribution in [1.29, 1.82) is 0 Å². The van der Waals surface area contributed by atoms with Crippen molar-refractivity contribution >= 4 is 27.4 Å². The van der Waals surface area contributed by atoms with Crippen LogP contribution in [0.4, 0.5) is 11.5 Å². The van der Waals surface area contributed by atoms with Gasteiger partial charge in [0.1, 0.15) is 6.20 Å². The van der Waals surface area contributed by atoms with Crippen molar-refractivity contribution < 1.29 is 9.85 Å². The summed E-state index contributed by atoms with van der Waals surface area (Å²) < 4.78 is 1.88. The summed E-state index contributed by atoms with van der Waals surface area (Å²) in [6.45, 7) is 0.273. The van der Waals surface area contributed by atoms with E-state index in [0.717, 1.165) is 0 Å². The molecule has 0 atom stereocenters. The van der Waals surface area contributed by atoms with Gasteiger partial charge in [0.2, 0.25) is 6.33 Å². The van der Waals surface area contributed by atoms with E-state index in [1.54, 1.807) is 12.1 Å². The van der Waals surface area contributed by atoms with Gasteiger partial charge in [-0.2, -0.15) is 0 Å². The van der Waals surface area contributed by atoms with Crippen molar-refractivity contribution in [2.24, 2.45) is 0 Å². The summed E-state index contributed by atoms with van der Waals surface area (Å²) in [5.41, 5.74) is 0.606. The van der Waals surface area contributed by atoms with Gasteiger partial charge in [-0.05, 0) is 37.5 Å². The number of imidazole rings is 1. The summed E-state index contributed by atoms with van der Waals surface area (Å²) in [4.78, 5) is 23.8. The number of benzene rings is 1. The normalized spacial score (nSPS) is 10.4. The van der Waals surface area contributed by atoms with Crippen LogP contribution in [0.3, 0.4) is 0 Å². The Morgan fingerprint density at radius 2 is 2.00 bits per heavy atom. The molecule has 2 aromatic rings. The third-order valence-electron chi connectivity index (χ3n) is 2.38. The van der Waals surface area contributed by atoms with Gasteiger partial charge in [0.15, 0.2) is 0 Å². The van der Waals surface area contributed by atoms with Crippen molar-refractivity contribution in [1.82, 2.24) is 9.55 Å². The standard InChI is InChI=1S/C10H7BrN4O4/c11-8-2-1-7(3-9(8)14(16)17)4-13-5-10(12-6-13)15(18)19/h1-3,5-6H,4H2. The van der Waals surface area contributed by atoms with E-state index in [1.807, 2.05) is 0 Å². The molecule has 8 nitrogen and oxygen atoms in total. The molecule has 0 unspecified atom stereocenters. The van der Waals surface area contributed by atoms with E-state index in [2.05, 4.69) is 20.9 Å². The molecule has 0 saturated carbocycles. The van der Waals surface area contributed by atoms with Crippen molar-refractivity contribution in [3.63, 3.8) is 0 Å². The molecule has 0 N–H and O–H groups in total. The summed E-state index contributed by atoms with van der Waals surface area (Å²) in [7, 11) is 0. The third-order valence-corrected chi connectivity index (χ3v) is 3.05. The van der Waals surface area contributed by atoms with Gasteiger partial charge in [-0.1, -0.05) is 6.07 Å². The van der Waals surface area contributed by atoms with Crippen LogP contribution < -0.4 is 0 Å². The highest BCUT2D eigenvalue weighted by Gasteiger charge is 2.14. The lowest BCUT2D eigenvalue weighted by molar-refractivity contribution is -0.389. The molecule has 0 aliphatic heterocycles. The smallest absolute Gasteiger partial charge is 0.358 e. The van der Waals surface area contributed by atoms with Crippen LogP contribution in [-0.4, -0.2) is 19.4 Å². The van der Waals surface area contributed by atoms with Gasteiger partial charge >= 0.3 is 5.82 Å². The fourth-order valence-electron chi connectivity index (χ4n) is 1.54. The molecular formula is C10H7BrN4O4. The van der Waals surface area contributed by atoms with Crippen LogP contribution in [0, 0.1) is 20.2 Å². The van der Waals surface area contributed by atoms with Crippen LogP contribution in [-0.2, 0) is 6.54 Å². The maximum absolute atomic E-state index is 10.8. The van der Waals surface area contributed by atoms with Gasteiger partial charge in [-0.25, -0.2) is 0 Å². The first kappa shape index (κ1) is 13.1. The highest BCUT2D eigenvalue weighted by Crippen LogP contribution is 2.26. The lowest BCUT2D eigenvalue weighted by Gasteiger charge is -2.02. The monoisotopic (exact) mass is 326 g/mol. The van der Waals surface area contributed by atoms with Crippen LogP contribution in [0.5, 0.6) is 0 Å². The molecule has 0 aliphatic carbocycles. The van der Waals surface area contributed by atoms with E-state index >= 15 is 0 Å². The number of rotatable bonds is 4. The molecule has 0 bridgehead atoms. The molecule has 0 radical (unpaired) electrons. The maximum atomic E-state index is 10.8. The molecular weight excluding hydrogens is 320 g/mol. The minimum atomic E-state index is -0.597. The quantitative estimate of drug-likeness (QED) is 0.634. The van der Waals surface area contributed by atoms with Gasteiger partial charge in [-0.3, -0.25) is 10.1 Å². The molecule has 1 heterocycles. The Kier molecular flexibility index (Phi) is 3.56. The van der Waals surface area contributed by atoms with Gasteiger partial charge in [-0.15, -0.1) is 0 Å². The fraction of sp³-hybridized carbons (Fsp3) is 0.100. The zero-order valence-electron chi connectivity index (χ0n) is 9.39. The Morgan fingerprint density at radius 3 is 2.58 bits per heavy atom. The fourth-order valence-corrected chi connectivity index (χ4v) is 1.93. The Morgan fingerprint density at radius 1 is 1.26 bits per heavy atom. The largest absolute Gasteiger partial charge is 0.381 e. The Hall–Kier alpha value is -2.29. The highest BCUT2D eigenvalue weighted by atomic mass is 79.9. The van der Waals surface area contributed by atoms with Crippen LogP contribution in [0.1, 0.15) is 5.56 Å². The first-order valence-electron chi connectivity index (χ1n) is 5.06. The van der Waals surface area contributed by atoms with Crippen LogP contribution in [0.2, 0.25) is 0 Å². The molecule has 2 rings (SSSR count). The summed E-state index contributed by atoms with van der Waals surface area (Å²) in [5.74, 6) is -0.258. The zero-order chi connectivity index (χ0) is 14.0. The number of nitrogens with zero attached hydrogens (tertiary/aromatic N) is 4. The second-order valence-corrected chi connectivity index (χ2v) is 4.56. The number of hydrogen-bond donors (Lipinski definition) is 0. The second-order valence-electron chi connectivity index (χ2n) is 3.70. The molecule has 0 fully saturated rings. The van der Waals surface area contributed by atoms with Crippen molar-refractivity contribution in [2.45, 2.75) is 6.54 Å². The van der Waals surface area contributed by atoms with Crippen LogP contribution >= 0.6 is 15.9 Å². The number of halogens is 1. The van der Waals surface area contributed by atoms with Gasteiger partial charge < -0.3 is 14.7 Å². The average Bonchev–Trinajstić information content (AvgIpc) is 2.80. The topological polar surface area (TPSA) is 104 Å². The lowest BCUT2D eigenvalue weighted by atomic mass is 10.2. The Bertz CT molecular complexity index is 655. The summed E-state index contributed by atoms with van der Waals surface area (Å²) in [5, 5.41) is 21.3. The first-order chi connectivity index (χ1) is 8.97. The molecule has 0 saturated heterocycles. The van der Waals surface area contributed by atoms with Crippen molar-refractivity contribution in [3.05, 3.63) is 61.0 Å². The SMILES string of the molecule is O=[N+]([O-])c1cn(Cc2ccc(Br)c([N+](=O)[O-])c2)cn1. The predicted molar refractivity (Wildman–Crippen MR) is 68.8 cm³/mol. The lowest BCUT2D eigenvalue weighted by Crippen LogP contribution is -1.98. The third kappa shape index (κ3) is 2.94. The number of hydrogen-bond acceptors (Lipinski definition) is 5. The van der Waals surface area contributed by atoms with Gasteiger partial charge in [0, 0.05) is 6.07 Å². The van der Waals surface area contributed by atoms with Gasteiger partial charge in [0.05, 0.1) is 15.9 Å². The molecule has 1 aromatic heterocycles. The Labute approximate surface area is 115 Å². The molecule has 0 aliphatic rings. The number of aromatic nitrogens is 2. The van der Waals surface area contributed by atoms with E-state index < -0.39 is 9.85 Å². The minimum absolute atomic E-state index is 0.0490. The molecule has 0 amide bonds. The minimum Gasteiger partial charge on any atom is -0.358 e. The number of nitro benzene ring substituents is 1. The maximum Gasteiger partial charge on any atom is 0.381 e. The zero-order valence-corrected chi connectivity index (χ0v) is 11.0. The predicted octanol–water partition coefficient (Wildman–Crippen LogP) is 2.51. The Balaban J connectivity index is 2.25. The average molecular weight is 327 g/mol.